The van der Waals surface area contributed by atoms with Crippen LogP contribution < -0.4 is 0 Å². The van der Waals surface area contributed by atoms with Crippen LogP contribution in [0.4, 0.5) is 0 Å². The van der Waals surface area contributed by atoms with Crippen molar-refractivity contribution in [1.82, 2.24) is 0 Å². The van der Waals surface area contributed by atoms with Crippen LogP contribution in [-0.4, -0.2) is 11.1 Å². The van der Waals surface area contributed by atoms with Gasteiger partial charge in [0.15, 0.2) is 0 Å². The Morgan fingerprint density at radius 2 is 2.43 bits per heavy atom. The zero-order valence-corrected chi connectivity index (χ0v) is 3.55. The van der Waals surface area contributed by atoms with Crippen LogP contribution >= 0.6 is 0 Å². The summed E-state index contributed by atoms with van der Waals surface area (Å²) in [4.78, 5) is 8.77. The first-order valence-corrected chi connectivity index (χ1v) is 1.52. The molecule has 0 aromatic carbocycles. The molecule has 0 aliphatic carbocycles. The summed E-state index contributed by atoms with van der Waals surface area (Å²) in [5, 5.41) is 15.8. The third-order valence-electron chi connectivity index (χ3n) is 0.401. The van der Waals surface area contributed by atoms with Crippen molar-refractivity contribution < 1.29 is 4.92 Å². The fourth-order valence-corrected chi connectivity index (χ4v) is 0.0527. The molecule has 0 aliphatic rings. The fraction of sp³-hybridized carbons (Fsp3) is 0. The second-order valence-corrected chi connectivity index (χ2v) is 0.893. The van der Waals surface area contributed by atoms with Crippen molar-refractivity contribution in [1.29, 1.82) is 5.41 Å². The quantitative estimate of drug-likeness (QED) is 0.310. The van der Waals surface area contributed by atoms with E-state index in [9.17, 15) is 10.1 Å². The van der Waals surface area contributed by atoms with Gasteiger partial charge in [-0.15, -0.1) is 0 Å². The van der Waals surface area contributed by atoms with E-state index in [4.69, 9.17) is 5.41 Å². The monoisotopic (exact) mass is 100 g/mol. The molecule has 4 heteroatoms. The van der Waals surface area contributed by atoms with Gasteiger partial charge in [-0.2, -0.15) is 0 Å². The molecule has 1 N–H and O–H groups in total. The number of nitrogens with one attached hydrogen (secondary N) is 1. The number of allylic oxidation sites excluding steroid dienone is 1. The first-order chi connectivity index (χ1) is 3.18. The Hall–Kier alpha value is -1.19. The van der Waals surface area contributed by atoms with Gasteiger partial charge in [-0.1, -0.05) is 0 Å². The third kappa shape index (κ3) is 1.64. The SMILES string of the molecule is C=C(C=N)[N+](=O)[O-]. The van der Waals surface area contributed by atoms with E-state index in [0.717, 1.165) is 0 Å². The highest BCUT2D eigenvalue weighted by Crippen LogP contribution is 1.80. The number of hydrogen-bond donors (Lipinski definition) is 1. The van der Waals surface area contributed by atoms with E-state index in [1.165, 1.54) is 0 Å². The first-order valence-electron chi connectivity index (χ1n) is 1.52. The molecular formula is C3H4N2O2. The summed E-state index contributed by atoms with van der Waals surface area (Å²) in [6.07, 6.45) is 0.597. The highest BCUT2D eigenvalue weighted by molar-refractivity contribution is 5.70. The minimum atomic E-state index is -0.715. The molecule has 0 bridgehead atoms. The Morgan fingerprint density at radius 3 is 2.43 bits per heavy atom. The van der Waals surface area contributed by atoms with E-state index in [2.05, 4.69) is 6.58 Å². The summed E-state index contributed by atoms with van der Waals surface area (Å²) in [5.41, 5.74) is -0.389. The molecule has 0 saturated carbocycles. The summed E-state index contributed by atoms with van der Waals surface area (Å²) < 4.78 is 0. The van der Waals surface area contributed by atoms with Gasteiger partial charge < -0.3 is 5.41 Å². The van der Waals surface area contributed by atoms with Crippen LogP contribution in [-0.2, 0) is 0 Å². The van der Waals surface area contributed by atoms with E-state index in [-0.39, 0.29) is 5.70 Å². The summed E-state index contributed by atoms with van der Waals surface area (Å²) >= 11 is 0. The van der Waals surface area contributed by atoms with E-state index >= 15 is 0 Å². The highest BCUT2D eigenvalue weighted by Gasteiger charge is 1.96. The molecule has 0 fully saturated rings. The molecule has 0 spiro atoms. The highest BCUT2D eigenvalue weighted by atomic mass is 16.6. The van der Waals surface area contributed by atoms with Crippen LogP contribution in [0.25, 0.3) is 0 Å². The maximum Gasteiger partial charge on any atom is 0.279 e. The number of hydrogen-bond acceptors (Lipinski definition) is 3. The number of rotatable bonds is 2. The van der Waals surface area contributed by atoms with Crippen LogP contribution in [0.15, 0.2) is 12.3 Å². The lowest BCUT2D eigenvalue weighted by molar-refractivity contribution is -0.413. The summed E-state index contributed by atoms with van der Waals surface area (Å²) in [6.45, 7) is 2.93. The summed E-state index contributed by atoms with van der Waals surface area (Å²) in [5.74, 6) is 0. The van der Waals surface area contributed by atoms with Crippen molar-refractivity contribution >= 4 is 6.21 Å². The van der Waals surface area contributed by atoms with Crippen molar-refractivity contribution in [3.8, 4) is 0 Å². The normalized spacial score (nSPS) is 7.43. The lowest BCUT2D eigenvalue weighted by atomic mass is 10.6. The topological polar surface area (TPSA) is 67.0 Å². The van der Waals surface area contributed by atoms with Gasteiger partial charge in [-0.05, 0) is 6.58 Å². The van der Waals surface area contributed by atoms with Crippen LogP contribution in [0, 0.1) is 15.5 Å². The van der Waals surface area contributed by atoms with E-state index in [1.807, 2.05) is 0 Å². The molecule has 0 aliphatic heterocycles. The molecular weight excluding hydrogens is 96.0 g/mol. The molecule has 0 amide bonds. The van der Waals surface area contributed by atoms with Gasteiger partial charge in [0.2, 0.25) is 0 Å². The minimum Gasteiger partial charge on any atom is -0.302 e. The predicted octanol–water partition coefficient (Wildman–Crippen LogP) is 0.426. The van der Waals surface area contributed by atoms with Gasteiger partial charge >= 0.3 is 0 Å². The second-order valence-electron chi connectivity index (χ2n) is 0.893. The molecule has 38 valence electrons. The maximum atomic E-state index is 9.49. The molecule has 0 aromatic heterocycles. The van der Waals surface area contributed by atoms with Gasteiger partial charge in [-0.3, -0.25) is 10.1 Å². The summed E-state index contributed by atoms with van der Waals surface area (Å²) in [7, 11) is 0. The Kier molecular flexibility index (Phi) is 1.72. The average Bonchev–Trinajstić information content (AvgIpc) is 1.65. The number of nitrogens with zero attached hydrogens (tertiary/aromatic N) is 1. The fourth-order valence-electron chi connectivity index (χ4n) is 0.0527. The third-order valence-corrected chi connectivity index (χ3v) is 0.401. The van der Waals surface area contributed by atoms with E-state index < -0.39 is 4.92 Å². The zero-order chi connectivity index (χ0) is 5.86. The molecule has 0 radical (unpaired) electrons. The Bertz CT molecular complexity index is 118. The molecule has 0 aromatic rings. The number of nitro groups is 1. The molecule has 0 saturated heterocycles. The lowest BCUT2D eigenvalue weighted by Crippen LogP contribution is -1.95. The van der Waals surface area contributed by atoms with Gasteiger partial charge in [-0.25, -0.2) is 0 Å². The molecule has 0 heterocycles. The molecule has 0 rings (SSSR count). The van der Waals surface area contributed by atoms with Crippen molar-refractivity contribution in [2.75, 3.05) is 0 Å². The van der Waals surface area contributed by atoms with Gasteiger partial charge in [0, 0.05) is 0 Å². The van der Waals surface area contributed by atoms with Crippen molar-refractivity contribution in [3.05, 3.63) is 22.4 Å². The van der Waals surface area contributed by atoms with Crippen LogP contribution in [0.5, 0.6) is 0 Å². The summed E-state index contributed by atoms with van der Waals surface area (Å²) in [6, 6.07) is 0. The van der Waals surface area contributed by atoms with Crippen LogP contribution in [0.1, 0.15) is 0 Å². The average molecular weight is 100 g/mol. The second kappa shape index (κ2) is 2.07. The molecule has 0 atom stereocenters. The van der Waals surface area contributed by atoms with Crippen LogP contribution in [0.3, 0.4) is 0 Å². The smallest absolute Gasteiger partial charge is 0.279 e. The van der Waals surface area contributed by atoms with Gasteiger partial charge in [0.25, 0.3) is 5.70 Å². The van der Waals surface area contributed by atoms with Crippen molar-refractivity contribution in [3.63, 3.8) is 0 Å². The molecule has 4 nitrogen and oxygen atoms in total. The van der Waals surface area contributed by atoms with E-state index in [1.54, 1.807) is 0 Å². The van der Waals surface area contributed by atoms with Crippen molar-refractivity contribution in [2.45, 2.75) is 0 Å². The Balaban J connectivity index is 3.81. The van der Waals surface area contributed by atoms with E-state index in [0.29, 0.717) is 6.21 Å². The van der Waals surface area contributed by atoms with Gasteiger partial charge in [0.05, 0.1) is 11.1 Å². The standard InChI is InChI=1S/C3H4N2O2/c1-3(2-4)5(6)7/h2,4H,1H2. The van der Waals surface area contributed by atoms with Crippen LogP contribution in [0.2, 0.25) is 0 Å². The maximum absolute atomic E-state index is 9.49. The van der Waals surface area contributed by atoms with Crippen molar-refractivity contribution in [2.24, 2.45) is 0 Å². The largest absolute Gasteiger partial charge is 0.302 e. The lowest BCUT2D eigenvalue weighted by Gasteiger charge is -1.79. The van der Waals surface area contributed by atoms with Gasteiger partial charge in [0.1, 0.15) is 0 Å². The first kappa shape index (κ1) is 5.81. The Labute approximate surface area is 40.1 Å². The minimum absolute atomic E-state index is 0.389. The Morgan fingerprint density at radius 1 is 2.00 bits per heavy atom. The zero-order valence-electron chi connectivity index (χ0n) is 3.55. The predicted molar refractivity (Wildman–Crippen MR) is 24.9 cm³/mol. The molecule has 0 unspecified atom stereocenters. The molecule has 7 heavy (non-hydrogen) atoms.